The highest BCUT2D eigenvalue weighted by Crippen LogP contribution is 2.40. The van der Waals surface area contributed by atoms with Crippen LogP contribution in [0.15, 0.2) is 0 Å². The highest BCUT2D eigenvalue weighted by molar-refractivity contribution is 5.15. The van der Waals surface area contributed by atoms with Gasteiger partial charge < -0.3 is 5.32 Å². The van der Waals surface area contributed by atoms with Gasteiger partial charge in [-0.15, -0.1) is 0 Å². The number of fused-ring (bicyclic) bond motifs is 1. The zero-order chi connectivity index (χ0) is 8.11. The molecule has 0 aromatic heterocycles. The van der Waals surface area contributed by atoms with Crippen LogP contribution in [0, 0.1) is 0 Å². The minimum atomic E-state index is -1.64. The van der Waals surface area contributed by atoms with Crippen LogP contribution in [0.3, 0.4) is 0 Å². The number of likely N-dealkylation sites (tertiary alicyclic amines) is 1. The molecule has 2 nitrogen and oxygen atoms in total. The Labute approximate surface area is 64.6 Å². The van der Waals surface area contributed by atoms with Crippen molar-refractivity contribution in [2.24, 2.45) is 0 Å². The first-order chi connectivity index (χ1) is 5.06. The van der Waals surface area contributed by atoms with Gasteiger partial charge in [-0.25, -0.2) is 8.78 Å². The lowest BCUT2D eigenvalue weighted by atomic mass is 9.94. The molecule has 0 spiro atoms. The summed E-state index contributed by atoms with van der Waals surface area (Å²) in [7, 11) is 1.75. The molecule has 0 saturated carbocycles. The number of halogens is 2. The lowest BCUT2D eigenvalue weighted by Crippen LogP contribution is -2.44. The van der Waals surface area contributed by atoms with Crippen molar-refractivity contribution in [2.75, 3.05) is 33.2 Å². The van der Waals surface area contributed by atoms with Gasteiger partial charge in [0.2, 0.25) is 0 Å². The molecular weight excluding hydrogens is 150 g/mol. The molecule has 2 rings (SSSR count). The van der Waals surface area contributed by atoms with E-state index in [1.54, 1.807) is 11.9 Å². The number of nitrogens with one attached hydrogen (secondary N) is 1. The summed E-state index contributed by atoms with van der Waals surface area (Å²) in [6.07, 6.45) is 0. The van der Waals surface area contributed by atoms with Gasteiger partial charge in [-0.2, -0.15) is 0 Å². The van der Waals surface area contributed by atoms with Crippen molar-refractivity contribution < 1.29 is 8.78 Å². The van der Waals surface area contributed by atoms with Crippen LogP contribution < -0.4 is 5.32 Å². The second kappa shape index (κ2) is 1.93. The Morgan fingerprint density at radius 2 is 1.64 bits per heavy atom. The van der Waals surface area contributed by atoms with E-state index in [1.807, 2.05) is 0 Å². The largest absolute Gasteiger partial charge is 0.310 e. The van der Waals surface area contributed by atoms with Crippen LogP contribution >= 0.6 is 0 Å². The lowest BCUT2D eigenvalue weighted by Gasteiger charge is -2.22. The lowest BCUT2D eigenvalue weighted by molar-refractivity contribution is 0.0491. The first-order valence-electron chi connectivity index (χ1n) is 3.83. The number of nitrogens with zero attached hydrogens (tertiary/aromatic N) is 1. The first-order valence-corrected chi connectivity index (χ1v) is 3.83. The van der Waals surface area contributed by atoms with Crippen molar-refractivity contribution in [1.29, 1.82) is 0 Å². The monoisotopic (exact) mass is 162 g/mol. The fourth-order valence-corrected chi connectivity index (χ4v) is 2.08. The van der Waals surface area contributed by atoms with Gasteiger partial charge in [0.15, 0.2) is 11.3 Å². The fraction of sp³-hybridized carbons (Fsp3) is 1.00. The van der Waals surface area contributed by atoms with Crippen molar-refractivity contribution in [3.63, 3.8) is 0 Å². The van der Waals surface area contributed by atoms with Gasteiger partial charge in [0, 0.05) is 26.2 Å². The summed E-state index contributed by atoms with van der Waals surface area (Å²) >= 11 is 0. The van der Waals surface area contributed by atoms with Crippen LogP contribution in [0.4, 0.5) is 8.78 Å². The molecule has 1 N–H and O–H groups in total. The van der Waals surface area contributed by atoms with E-state index in [-0.39, 0.29) is 26.2 Å². The van der Waals surface area contributed by atoms with E-state index in [2.05, 4.69) is 5.32 Å². The fourth-order valence-electron chi connectivity index (χ4n) is 2.08. The Hall–Kier alpha value is -0.220. The Kier molecular flexibility index (Phi) is 1.30. The highest BCUT2D eigenvalue weighted by atomic mass is 19.2. The summed E-state index contributed by atoms with van der Waals surface area (Å²) < 4.78 is 27.3. The average molecular weight is 162 g/mol. The molecule has 0 aromatic carbocycles. The van der Waals surface area contributed by atoms with Crippen LogP contribution in [0.5, 0.6) is 0 Å². The summed E-state index contributed by atoms with van der Waals surface area (Å²) in [6, 6.07) is 0. The van der Waals surface area contributed by atoms with Crippen LogP contribution in [-0.2, 0) is 0 Å². The maximum atomic E-state index is 13.7. The van der Waals surface area contributed by atoms with E-state index in [0.717, 1.165) is 0 Å². The Balaban J connectivity index is 2.28. The number of alkyl halides is 2. The average Bonchev–Trinajstić information content (AvgIpc) is 2.16. The topological polar surface area (TPSA) is 15.3 Å². The van der Waals surface area contributed by atoms with Crippen molar-refractivity contribution in [1.82, 2.24) is 10.2 Å². The second-order valence-electron chi connectivity index (χ2n) is 3.71. The third-order valence-corrected chi connectivity index (χ3v) is 2.65. The van der Waals surface area contributed by atoms with Gasteiger partial charge in [0.05, 0.1) is 0 Å². The second-order valence-corrected chi connectivity index (χ2v) is 3.71. The molecule has 0 bridgehead atoms. The van der Waals surface area contributed by atoms with Crippen LogP contribution in [0.2, 0.25) is 0 Å². The molecule has 2 saturated heterocycles. The smallest absolute Gasteiger partial charge is 0.172 e. The molecule has 0 radical (unpaired) electrons. The molecule has 2 aliphatic rings. The third-order valence-electron chi connectivity index (χ3n) is 2.65. The summed E-state index contributed by atoms with van der Waals surface area (Å²) in [6.45, 7) is 0.759. The summed E-state index contributed by atoms with van der Waals surface area (Å²) in [4.78, 5) is 1.71. The summed E-state index contributed by atoms with van der Waals surface area (Å²) in [5.41, 5.74) is -3.27. The van der Waals surface area contributed by atoms with Crippen molar-refractivity contribution in [3.8, 4) is 0 Å². The van der Waals surface area contributed by atoms with Crippen LogP contribution in [0.25, 0.3) is 0 Å². The number of hydrogen-bond acceptors (Lipinski definition) is 2. The predicted molar refractivity (Wildman–Crippen MR) is 38.0 cm³/mol. The number of rotatable bonds is 0. The van der Waals surface area contributed by atoms with E-state index < -0.39 is 11.3 Å². The molecule has 0 aliphatic carbocycles. The van der Waals surface area contributed by atoms with Crippen molar-refractivity contribution in [3.05, 3.63) is 0 Å². The molecule has 0 aromatic rings. The van der Waals surface area contributed by atoms with Gasteiger partial charge >= 0.3 is 0 Å². The normalized spacial score (nSPS) is 51.5. The Bertz CT molecular complexity index is 169. The van der Waals surface area contributed by atoms with E-state index in [4.69, 9.17) is 0 Å². The summed E-state index contributed by atoms with van der Waals surface area (Å²) in [5.74, 6) is 0. The van der Waals surface area contributed by atoms with Crippen molar-refractivity contribution >= 4 is 0 Å². The maximum Gasteiger partial charge on any atom is 0.172 e. The molecule has 0 unspecified atom stereocenters. The minimum Gasteiger partial charge on any atom is -0.310 e. The van der Waals surface area contributed by atoms with Crippen molar-refractivity contribution in [2.45, 2.75) is 11.3 Å². The molecule has 11 heavy (non-hydrogen) atoms. The predicted octanol–water partition coefficient (Wildman–Crippen LogP) is -0.0484. The van der Waals surface area contributed by atoms with Gasteiger partial charge in [-0.1, -0.05) is 0 Å². The van der Waals surface area contributed by atoms with E-state index >= 15 is 0 Å². The van der Waals surface area contributed by atoms with Crippen LogP contribution in [0.1, 0.15) is 0 Å². The van der Waals surface area contributed by atoms with Gasteiger partial charge in [-0.05, 0) is 7.05 Å². The SMILES string of the molecule is CN1C[C@]2(F)CNC[C@@]2(F)C1. The molecule has 2 heterocycles. The van der Waals surface area contributed by atoms with Gasteiger partial charge in [-0.3, -0.25) is 4.90 Å². The van der Waals surface area contributed by atoms with Gasteiger partial charge in [0.1, 0.15) is 0 Å². The molecule has 0 amide bonds. The standard InChI is InChI=1S/C7H12F2N2/c1-11-4-6(8)2-10-3-7(6,9)5-11/h10H,2-5H2,1H3/t6-,7-/m1/s1. The molecular formula is C7H12F2N2. The third kappa shape index (κ3) is 0.825. The molecule has 2 atom stereocenters. The molecule has 2 fully saturated rings. The van der Waals surface area contributed by atoms with E-state index in [0.29, 0.717) is 0 Å². The Morgan fingerprint density at radius 3 is 2.09 bits per heavy atom. The highest BCUT2D eigenvalue weighted by Gasteiger charge is 2.62. The number of hydrogen-bond donors (Lipinski definition) is 1. The van der Waals surface area contributed by atoms with Gasteiger partial charge in [0.25, 0.3) is 0 Å². The van der Waals surface area contributed by atoms with E-state index in [1.165, 1.54) is 0 Å². The zero-order valence-corrected chi connectivity index (χ0v) is 6.53. The summed E-state index contributed by atoms with van der Waals surface area (Å²) in [5, 5.41) is 2.75. The first kappa shape index (κ1) is 7.43. The minimum absolute atomic E-state index is 0.161. The maximum absolute atomic E-state index is 13.7. The van der Waals surface area contributed by atoms with Crippen LogP contribution in [-0.4, -0.2) is 49.5 Å². The molecule has 64 valence electrons. The molecule has 2 aliphatic heterocycles. The quantitative estimate of drug-likeness (QED) is 0.537. The molecule has 4 heteroatoms. The Morgan fingerprint density at radius 1 is 1.18 bits per heavy atom. The van der Waals surface area contributed by atoms with E-state index in [9.17, 15) is 8.78 Å². The zero-order valence-electron chi connectivity index (χ0n) is 6.53.